The van der Waals surface area contributed by atoms with E-state index in [1.165, 1.54) is 17.0 Å². The summed E-state index contributed by atoms with van der Waals surface area (Å²) in [5, 5.41) is 7.64. The minimum absolute atomic E-state index is 0.0170. The zero-order valence-corrected chi connectivity index (χ0v) is 13.7. The quantitative estimate of drug-likeness (QED) is 0.568. The molecule has 0 saturated carbocycles. The monoisotopic (exact) mass is 353 g/mol. The highest BCUT2D eigenvalue weighted by Gasteiger charge is 2.16. The first-order valence-corrected chi connectivity index (χ1v) is 7.85. The number of benzene rings is 2. The molecule has 0 saturated heterocycles. The maximum Gasteiger partial charge on any atom is 0.283 e. The fourth-order valence-corrected chi connectivity index (χ4v) is 2.66. The van der Waals surface area contributed by atoms with Crippen molar-refractivity contribution in [1.82, 2.24) is 24.5 Å². The van der Waals surface area contributed by atoms with Crippen molar-refractivity contribution in [2.45, 2.75) is 13.5 Å². The summed E-state index contributed by atoms with van der Waals surface area (Å²) >= 11 is 0. The van der Waals surface area contributed by atoms with Crippen LogP contribution in [0.2, 0.25) is 0 Å². The summed E-state index contributed by atoms with van der Waals surface area (Å²) < 4.78 is 29.6. The second kappa shape index (κ2) is 6.14. The summed E-state index contributed by atoms with van der Waals surface area (Å²) in [5.41, 5.74) is 1.78. The van der Waals surface area contributed by atoms with Crippen LogP contribution in [0.4, 0.5) is 8.78 Å². The molecule has 0 aliphatic rings. The van der Waals surface area contributed by atoms with Crippen molar-refractivity contribution in [2.24, 2.45) is 0 Å². The summed E-state index contributed by atoms with van der Waals surface area (Å²) in [7, 11) is 0. The molecule has 26 heavy (non-hydrogen) atoms. The van der Waals surface area contributed by atoms with Crippen molar-refractivity contribution in [3.8, 4) is 5.69 Å². The summed E-state index contributed by atoms with van der Waals surface area (Å²) in [6.45, 7) is 2.32. The van der Waals surface area contributed by atoms with E-state index < -0.39 is 11.6 Å². The topological polar surface area (TPSA) is 65.6 Å². The Labute approximate surface area is 146 Å². The third-order valence-corrected chi connectivity index (χ3v) is 4.04. The van der Waals surface area contributed by atoms with Crippen LogP contribution in [-0.2, 0) is 6.54 Å². The van der Waals surface area contributed by atoms with E-state index in [1.54, 1.807) is 0 Å². The van der Waals surface area contributed by atoms with Crippen molar-refractivity contribution in [3.63, 3.8) is 0 Å². The lowest BCUT2D eigenvalue weighted by Crippen LogP contribution is -2.21. The first-order chi connectivity index (χ1) is 12.5. The van der Waals surface area contributed by atoms with E-state index in [0.29, 0.717) is 6.54 Å². The summed E-state index contributed by atoms with van der Waals surface area (Å²) in [6, 6.07) is 10.8. The van der Waals surface area contributed by atoms with E-state index in [2.05, 4.69) is 15.3 Å². The van der Waals surface area contributed by atoms with Gasteiger partial charge >= 0.3 is 0 Å². The maximum absolute atomic E-state index is 14.0. The van der Waals surface area contributed by atoms with Gasteiger partial charge in [0.2, 0.25) is 0 Å². The Bertz CT molecular complexity index is 1160. The van der Waals surface area contributed by atoms with Gasteiger partial charge in [0.15, 0.2) is 17.0 Å². The normalized spacial score (nSPS) is 11.2. The van der Waals surface area contributed by atoms with Gasteiger partial charge < -0.3 is 0 Å². The number of hydrogen-bond donors (Lipinski definition) is 0. The number of aryl methyl sites for hydroxylation is 1. The van der Waals surface area contributed by atoms with Gasteiger partial charge in [0.25, 0.3) is 5.56 Å². The van der Waals surface area contributed by atoms with Crippen molar-refractivity contribution in [3.05, 3.63) is 81.9 Å². The van der Waals surface area contributed by atoms with Crippen molar-refractivity contribution >= 4 is 11.2 Å². The molecule has 0 unspecified atom stereocenters. The van der Waals surface area contributed by atoms with Gasteiger partial charge in [-0.2, -0.15) is 4.68 Å². The van der Waals surface area contributed by atoms with Gasteiger partial charge in [-0.1, -0.05) is 35.0 Å². The third kappa shape index (κ3) is 2.75. The van der Waals surface area contributed by atoms with Crippen LogP contribution in [0, 0.1) is 18.6 Å². The third-order valence-electron chi connectivity index (χ3n) is 4.04. The fraction of sp³-hybridized carbons (Fsp3) is 0.111. The number of nitrogens with zero attached hydrogens (tertiary/aromatic N) is 5. The Hall–Kier alpha value is -3.42. The molecule has 0 bridgehead atoms. The number of fused-ring (bicyclic) bond motifs is 1. The molecular formula is C18H13F2N5O. The first kappa shape index (κ1) is 16.1. The van der Waals surface area contributed by atoms with Crippen LogP contribution >= 0.6 is 0 Å². The lowest BCUT2D eigenvalue weighted by Gasteiger charge is -2.06. The molecule has 0 radical (unpaired) electrons. The highest BCUT2D eigenvalue weighted by atomic mass is 19.1. The SMILES string of the molecule is Cc1ccc(Cn2cnc3c(nnn3-c3ccc(F)cc3F)c2=O)cc1. The molecule has 0 N–H and O–H groups in total. The molecule has 0 aliphatic carbocycles. The zero-order chi connectivity index (χ0) is 18.3. The molecule has 0 aliphatic heterocycles. The number of rotatable bonds is 3. The molecule has 4 rings (SSSR count). The minimum atomic E-state index is -0.817. The number of halogens is 2. The molecule has 0 spiro atoms. The molecule has 2 heterocycles. The average Bonchev–Trinajstić information content (AvgIpc) is 3.04. The van der Waals surface area contributed by atoms with E-state index in [4.69, 9.17) is 0 Å². The highest BCUT2D eigenvalue weighted by molar-refractivity contribution is 5.70. The van der Waals surface area contributed by atoms with Crippen LogP contribution in [0.25, 0.3) is 16.9 Å². The fourth-order valence-electron chi connectivity index (χ4n) is 2.66. The molecule has 6 nitrogen and oxygen atoms in total. The molecule has 2 aromatic heterocycles. The van der Waals surface area contributed by atoms with Crippen molar-refractivity contribution < 1.29 is 8.78 Å². The smallest absolute Gasteiger partial charge is 0.283 e. The van der Waals surface area contributed by atoms with Gasteiger partial charge in [-0.25, -0.2) is 13.8 Å². The van der Waals surface area contributed by atoms with E-state index in [9.17, 15) is 13.6 Å². The molecule has 130 valence electrons. The zero-order valence-electron chi connectivity index (χ0n) is 13.7. The van der Waals surface area contributed by atoms with E-state index in [1.807, 2.05) is 31.2 Å². The van der Waals surface area contributed by atoms with Crippen LogP contribution in [0.5, 0.6) is 0 Å². The van der Waals surface area contributed by atoms with E-state index in [-0.39, 0.29) is 22.4 Å². The van der Waals surface area contributed by atoms with Gasteiger partial charge in [-0.05, 0) is 24.6 Å². The molecule has 8 heteroatoms. The predicted octanol–water partition coefficient (Wildman–Crippen LogP) is 2.61. The maximum atomic E-state index is 14.0. The first-order valence-electron chi connectivity index (χ1n) is 7.85. The standard InChI is InChI=1S/C18H13F2N5O/c1-11-2-4-12(5-3-11)9-24-10-21-17-16(18(24)26)22-23-25(17)15-7-6-13(19)8-14(15)20/h2-8,10H,9H2,1H3. The van der Waals surface area contributed by atoms with Gasteiger partial charge in [-0.3, -0.25) is 9.36 Å². The molecule has 0 amide bonds. The molecule has 2 aromatic carbocycles. The van der Waals surface area contributed by atoms with Crippen molar-refractivity contribution in [2.75, 3.05) is 0 Å². The second-order valence-electron chi connectivity index (χ2n) is 5.93. The number of hydrogen-bond acceptors (Lipinski definition) is 4. The predicted molar refractivity (Wildman–Crippen MR) is 91.1 cm³/mol. The van der Waals surface area contributed by atoms with Crippen LogP contribution in [-0.4, -0.2) is 24.5 Å². The average molecular weight is 353 g/mol. The highest BCUT2D eigenvalue weighted by Crippen LogP contribution is 2.17. The van der Waals surface area contributed by atoms with Crippen LogP contribution < -0.4 is 5.56 Å². The van der Waals surface area contributed by atoms with Crippen LogP contribution in [0.15, 0.2) is 53.6 Å². The van der Waals surface area contributed by atoms with Gasteiger partial charge in [-0.15, -0.1) is 5.10 Å². The van der Waals surface area contributed by atoms with Gasteiger partial charge in [0.1, 0.15) is 17.8 Å². The summed E-state index contributed by atoms with van der Waals surface area (Å²) in [4.78, 5) is 16.8. The van der Waals surface area contributed by atoms with Gasteiger partial charge in [0, 0.05) is 6.07 Å². The van der Waals surface area contributed by atoms with Crippen LogP contribution in [0.1, 0.15) is 11.1 Å². The van der Waals surface area contributed by atoms with E-state index in [0.717, 1.165) is 27.9 Å². The van der Waals surface area contributed by atoms with Crippen LogP contribution in [0.3, 0.4) is 0 Å². The minimum Gasteiger partial charge on any atom is -0.293 e. The Kier molecular flexibility index (Phi) is 3.80. The largest absolute Gasteiger partial charge is 0.293 e. The Morgan fingerprint density at radius 2 is 1.85 bits per heavy atom. The Balaban J connectivity index is 1.78. The summed E-state index contributed by atoms with van der Waals surface area (Å²) in [5.74, 6) is -1.52. The lowest BCUT2D eigenvalue weighted by molar-refractivity contribution is 0.573. The Morgan fingerprint density at radius 3 is 2.58 bits per heavy atom. The Morgan fingerprint density at radius 1 is 1.08 bits per heavy atom. The molecule has 0 atom stereocenters. The second-order valence-corrected chi connectivity index (χ2v) is 5.93. The lowest BCUT2D eigenvalue weighted by atomic mass is 10.1. The van der Waals surface area contributed by atoms with Crippen molar-refractivity contribution in [1.29, 1.82) is 0 Å². The van der Waals surface area contributed by atoms with Gasteiger partial charge in [0.05, 0.1) is 6.54 Å². The van der Waals surface area contributed by atoms with E-state index >= 15 is 0 Å². The molecule has 0 fully saturated rings. The molecule has 4 aromatic rings. The molecular weight excluding hydrogens is 340 g/mol. The number of aromatic nitrogens is 5. The summed E-state index contributed by atoms with van der Waals surface area (Å²) in [6.07, 6.45) is 1.37.